The fourth-order valence-corrected chi connectivity index (χ4v) is 3.83. The quantitative estimate of drug-likeness (QED) is 0.755. The van der Waals surface area contributed by atoms with Gasteiger partial charge in [0.1, 0.15) is 0 Å². The Kier molecular flexibility index (Phi) is 5.54. The zero-order chi connectivity index (χ0) is 14.7. The van der Waals surface area contributed by atoms with E-state index in [0.717, 1.165) is 25.4 Å². The SMILES string of the molecule is CC1CCCCC1OCC(O)CNC1CCOC1C1CC1. The average molecular weight is 297 g/mol. The maximum atomic E-state index is 10.1. The van der Waals surface area contributed by atoms with Crippen molar-refractivity contribution in [3.05, 3.63) is 0 Å². The van der Waals surface area contributed by atoms with Crippen molar-refractivity contribution in [2.75, 3.05) is 19.8 Å². The molecule has 0 aromatic heterocycles. The lowest BCUT2D eigenvalue weighted by Crippen LogP contribution is -2.43. The molecule has 0 aromatic rings. The van der Waals surface area contributed by atoms with E-state index in [1.165, 1.54) is 32.1 Å². The number of aliphatic hydroxyl groups excluding tert-OH is 1. The lowest BCUT2D eigenvalue weighted by atomic mass is 9.88. The van der Waals surface area contributed by atoms with Crippen LogP contribution in [0.3, 0.4) is 0 Å². The molecular formula is C17H31NO3. The van der Waals surface area contributed by atoms with Gasteiger partial charge in [-0.3, -0.25) is 0 Å². The zero-order valence-electron chi connectivity index (χ0n) is 13.3. The summed E-state index contributed by atoms with van der Waals surface area (Å²) in [5, 5.41) is 13.6. The van der Waals surface area contributed by atoms with E-state index in [1.54, 1.807) is 0 Å². The fraction of sp³-hybridized carbons (Fsp3) is 1.00. The Balaban J connectivity index is 1.33. The van der Waals surface area contributed by atoms with Gasteiger partial charge in [-0.25, -0.2) is 0 Å². The third kappa shape index (κ3) is 4.41. The van der Waals surface area contributed by atoms with Gasteiger partial charge in [0.25, 0.3) is 0 Å². The van der Waals surface area contributed by atoms with Gasteiger partial charge in [-0.05, 0) is 43.9 Å². The van der Waals surface area contributed by atoms with Crippen LogP contribution in [-0.2, 0) is 9.47 Å². The van der Waals surface area contributed by atoms with Gasteiger partial charge in [-0.15, -0.1) is 0 Å². The normalized spacial score (nSPS) is 38.6. The molecule has 0 aromatic carbocycles. The number of hydrogen-bond donors (Lipinski definition) is 2. The lowest BCUT2D eigenvalue weighted by molar-refractivity contribution is -0.0461. The molecule has 0 bridgehead atoms. The smallest absolute Gasteiger partial charge is 0.0897 e. The molecule has 3 aliphatic rings. The Morgan fingerprint density at radius 1 is 1.19 bits per heavy atom. The van der Waals surface area contributed by atoms with Gasteiger partial charge in [0.05, 0.1) is 24.9 Å². The Labute approximate surface area is 128 Å². The standard InChI is InChI=1S/C17H31NO3/c1-12-4-2-3-5-16(12)21-11-14(19)10-18-15-8-9-20-17(15)13-6-7-13/h12-19H,2-11H2,1H3. The molecule has 3 fully saturated rings. The van der Waals surface area contributed by atoms with Crippen molar-refractivity contribution in [2.24, 2.45) is 11.8 Å². The molecule has 2 saturated carbocycles. The summed E-state index contributed by atoms with van der Waals surface area (Å²) in [6.07, 6.45) is 9.05. The maximum Gasteiger partial charge on any atom is 0.0897 e. The molecule has 3 rings (SSSR count). The predicted octanol–water partition coefficient (Wildman–Crippen LogP) is 2.10. The van der Waals surface area contributed by atoms with Crippen molar-refractivity contribution in [3.63, 3.8) is 0 Å². The van der Waals surface area contributed by atoms with Gasteiger partial charge in [0.15, 0.2) is 0 Å². The summed E-state index contributed by atoms with van der Waals surface area (Å²) in [5.74, 6) is 1.41. The molecule has 2 N–H and O–H groups in total. The maximum absolute atomic E-state index is 10.1. The molecule has 5 unspecified atom stereocenters. The molecule has 5 atom stereocenters. The summed E-state index contributed by atoms with van der Waals surface area (Å²) in [6.45, 7) is 4.22. The summed E-state index contributed by atoms with van der Waals surface area (Å²) < 4.78 is 11.8. The Hall–Kier alpha value is -0.160. The topological polar surface area (TPSA) is 50.7 Å². The molecule has 4 heteroatoms. The monoisotopic (exact) mass is 297 g/mol. The number of aliphatic hydroxyl groups is 1. The minimum Gasteiger partial charge on any atom is -0.389 e. The lowest BCUT2D eigenvalue weighted by Gasteiger charge is -2.30. The first-order chi connectivity index (χ1) is 10.2. The third-order valence-corrected chi connectivity index (χ3v) is 5.37. The summed E-state index contributed by atoms with van der Waals surface area (Å²) >= 11 is 0. The third-order valence-electron chi connectivity index (χ3n) is 5.37. The second kappa shape index (κ2) is 7.40. The highest BCUT2D eigenvalue weighted by atomic mass is 16.5. The summed E-state index contributed by atoms with van der Waals surface area (Å²) in [7, 11) is 0. The van der Waals surface area contributed by atoms with E-state index in [1.807, 2.05) is 0 Å². The molecule has 2 aliphatic carbocycles. The largest absolute Gasteiger partial charge is 0.389 e. The molecule has 0 spiro atoms. The van der Waals surface area contributed by atoms with Crippen LogP contribution in [0, 0.1) is 11.8 Å². The van der Waals surface area contributed by atoms with Crippen molar-refractivity contribution in [1.82, 2.24) is 5.32 Å². The first kappa shape index (κ1) is 15.7. The molecule has 4 nitrogen and oxygen atoms in total. The van der Waals surface area contributed by atoms with Crippen LogP contribution in [0.4, 0.5) is 0 Å². The Bertz CT molecular complexity index is 321. The van der Waals surface area contributed by atoms with Crippen LogP contribution in [0.1, 0.15) is 51.9 Å². The van der Waals surface area contributed by atoms with E-state index in [0.29, 0.717) is 37.3 Å². The summed E-state index contributed by atoms with van der Waals surface area (Å²) in [6, 6.07) is 0.431. The predicted molar refractivity (Wildman–Crippen MR) is 82.3 cm³/mol. The van der Waals surface area contributed by atoms with Crippen LogP contribution >= 0.6 is 0 Å². The van der Waals surface area contributed by atoms with Gasteiger partial charge >= 0.3 is 0 Å². The zero-order valence-corrected chi connectivity index (χ0v) is 13.3. The first-order valence-corrected chi connectivity index (χ1v) is 8.88. The van der Waals surface area contributed by atoms with Crippen molar-refractivity contribution < 1.29 is 14.6 Å². The van der Waals surface area contributed by atoms with Gasteiger partial charge in [0.2, 0.25) is 0 Å². The number of ether oxygens (including phenoxy) is 2. The van der Waals surface area contributed by atoms with Crippen molar-refractivity contribution in [3.8, 4) is 0 Å². The van der Waals surface area contributed by atoms with Crippen molar-refractivity contribution in [2.45, 2.75) is 76.2 Å². The minimum absolute atomic E-state index is 0.349. The number of rotatable bonds is 7. The van der Waals surface area contributed by atoms with Gasteiger partial charge in [-0.2, -0.15) is 0 Å². The minimum atomic E-state index is -0.403. The highest BCUT2D eigenvalue weighted by Gasteiger charge is 2.40. The van der Waals surface area contributed by atoms with Crippen LogP contribution in [0.25, 0.3) is 0 Å². The van der Waals surface area contributed by atoms with Gasteiger partial charge < -0.3 is 19.9 Å². The van der Waals surface area contributed by atoms with Gasteiger partial charge in [0, 0.05) is 19.2 Å². The van der Waals surface area contributed by atoms with E-state index in [2.05, 4.69) is 12.2 Å². The highest BCUT2D eigenvalue weighted by molar-refractivity contribution is 4.93. The molecule has 1 heterocycles. The van der Waals surface area contributed by atoms with Crippen molar-refractivity contribution >= 4 is 0 Å². The van der Waals surface area contributed by atoms with Crippen LogP contribution < -0.4 is 5.32 Å². The second-order valence-electron chi connectivity index (χ2n) is 7.26. The Morgan fingerprint density at radius 3 is 2.76 bits per heavy atom. The Morgan fingerprint density at radius 2 is 2.00 bits per heavy atom. The molecule has 0 radical (unpaired) electrons. The summed E-state index contributed by atoms with van der Waals surface area (Å²) in [5.41, 5.74) is 0. The van der Waals surface area contributed by atoms with Crippen molar-refractivity contribution in [1.29, 1.82) is 0 Å². The van der Waals surface area contributed by atoms with E-state index in [9.17, 15) is 5.11 Å². The highest BCUT2D eigenvalue weighted by Crippen LogP contribution is 2.38. The van der Waals surface area contributed by atoms with E-state index >= 15 is 0 Å². The number of hydrogen-bond acceptors (Lipinski definition) is 4. The molecule has 1 aliphatic heterocycles. The molecular weight excluding hydrogens is 266 g/mol. The first-order valence-electron chi connectivity index (χ1n) is 8.88. The summed E-state index contributed by atoms with van der Waals surface area (Å²) in [4.78, 5) is 0. The van der Waals surface area contributed by atoms with E-state index < -0.39 is 6.10 Å². The number of nitrogens with one attached hydrogen (secondary N) is 1. The van der Waals surface area contributed by atoms with E-state index in [4.69, 9.17) is 9.47 Å². The van der Waals surface area contributed by atoms with Crippen LogP contribution in [0.5, 0.6) is 0 Å². The average Bonchev–Trinajstić information content (AvgIpc) is 3.23. The van der Waals surface area contributed by atoms with Crippen LogP contribution in [0.15, 0.2) is 0 Å². The second-order valence-corrected chi connectivity index (χ2v) is 7.26. The van der Waals surface area contributed by atoms with E-state index in [-0.39, 0.29) is 0 Å². The van der Waals surface area contributed by atoms with Crippen LogP contribution in [0.2, 0.25) is 0 Å². The molecule has 21 heavy (non-hydrogen) atoms. The van der Waals surface area contributed by atoms with Crippen LogP contribution in [-0.4, -0.2) is 49.2 Å². The molecule has 0 amide bonds. The van der Waals surface area contributed by atoms with Gasteiger partial charge in [-0.1, -0.05) is 19.8 Å². The molecule has 1 saturated heterocycles. The fourth-order valence-electron chi connectivity index (χ4n) is 3.83. The molecule has 122 valence electrons.